The van der Waals surface area contributed by atoms with Gasteiger partial charge in [-0.3, -0.25) is 10.1 Å². The van der Waals surface area contributed by atoms with Crippen molar-refractivity contribution in [2.45, 2.75) is 39.0 Å². The number of nitrogens with one attached hydrogen (secondary N) is 1. The number of nitrogens with zero attached hydrogens (tertiary/aromatic N) is 2. The van der Waals surface area contributed by atoms with Gasteiger partial charge in [0.15, 0.2) is 0 Å². The summed E-state index contributed by atoms with van der Waals surface area (Å²) in [6.07, 6.45) is 0. The quantitative estimate of drug-likeness (QED) is 0.937. The van der Waals surface area contributed by atoms with Gasteiger partial charge in [-0.25, -0.2) is 4.98 Å². The lowest BCUT2D eigenvalue weighted by atomic mass is 10.3. The summed E-state index contributed by atoms with van der Waals surface area (Å²) in [6, 6.07) is 7.92. The molecule has 0 spiro atoms. The lowest BCUT2D eigenvalue weighted by Crippen LogP contribution is -2.20. The Morgan fingerprint density at radius 3 is 2.70 bits per heavy atom. The second-order valence-electron chi connectivity index (χ2n) is 5.62. The zero-order valence-electron chi connectivity index (χ0n) is 12.4. The van der Waals surface area contributed by atoms with Crippen molar-refractivity contribution in [1.29, 1.82) is 0 Å². The molecule has 4 nitrogen and oxygen atoms in total. The maximum absolute atomic E-state index is 12.0. The number of imidazole rings is 1. The van der Waals surface area contributed by atoms with Gasteiger partial charge < -0.3 is 4.57 Å². The van der Waals surface area contributed by atoms with Crippen LogP contribution in [0.3, 0.4) is 0 Å². The summed E-state index contributed by atoms with van der Waals surface area (Å²) in [7, 11) is 0. The molecule has 0 aliphatic heterocycles. The highest BCUT2D eigenvalue weighted by atomic mass is 32.2. The van der Waals surface area contributed by atoms with Crippen LogP contribution in [0.15, 0.2) is 24.3 Å². The van der Waals surface area contributed by atoms with Gasteiger partial charge in [0.2, 0.25) is 11.9 Å². The number of rotatable bonds is 4. The number of amides is 1. The fraction of sp³-hybridized carbons (Fsp3) is 0.467. The summed E-state index contributed by atoms with van der Waals surface area (Å²) in [5.74, 6) is 1.07. The van der Waals surface area contributed by atoms with E-state index < -0.39 is 0 Å². The lowest BCUT2D eigenvalue weighted by Gasteiger charge is -2.17. The molecule has 1 N–H and O–H groups in total. The Morgan fingerprint density at radius 1 is 1.35 bits per heavy atom. The number of aromatic nitrogens is 2. The van der Waals surface area contributed by atoms with Crippen LogP contribution in [-0.4, -0.2) is 26.0 Å². The fourth-order valence-corrected chi connectivity index (χ4v) is 2.57. The van der Waals surface area contributed by atoms with Crippen molar-refractivity contribution in [3.63, 3.8) is 0 Å². The Bertz CT molecular complexity index is 613. The predicted molar refractivity (Wildman–Crippen MR) is 86.2 cm³/mol. The number of carbonyl (C=O) groups excluding carboxylic acids is 1. The maximum Gasteiger partial charge on any atom is 0.236 e. The summed E-state index contributed by atoms with van der Waals surface area (Å²) < 4.78 is 2.11. The summed E-state index contributed by atoms with van der Waals surface area (Å²) in [4.78, 5) is 16.5. The normalized spacial score (nSPS) is 11.8. The second-order valence-corrected chi connectivity index (χ2v) is 7.42. The van der Waals surface area contributed by atoms with E-state index in [2.05, 4.69) is 31.1 Å². The highest BCUT2D eigenvalue weighted by Crippen LogP contribution is 2.24. The number of anilines is 1. The van der Waals surface area contributed by atoms with Crippen LogP contribution < -0.4 is 5.32 Å². The van der Waals surface area contributed by atoms with Crippen LogP contribution in [0, 0.1) is 0 Å². The average Bonchev–Trinajstić information content (AvgIpc) is 2.72. The second kappa shape index (κ2) is 5.87. The SMILES string of the molecule is CCn1c(NC(=O)CSC(C)(C)C)nc2ccccc21. The number of thioether (sulfide) groups is 1. The van der Waals surface area contributed by atoms with Crippen molar-refractivity contribution in [3.05, 3.63) is 24.3 Å². The number of hydrogen-bond donors (Lipinski definition) is 1. The monoisotopic (exact) mass is 291 g/mol. The van der Waals surface area contributed by atoms with Crippen LogP contribution in [-0.2, 0) is 11.3 Å². The van der Waals surface area contributed by atoms with E-state index in [1.807, 2.05) is 35.8 Å². The van der Waals surface area contributed by atoms with Gasteiger partial charge in [0.05, 0.1) is 16.8 Å². The standard InChI is InChI=1S/C15H21N3OS/c1-5-18-12-9-7-6-8-11(12)16-14(18)17-13(19)10-20-15(2,3)4/h6-9H,5,10H2,1-4H3,(H,16,17,19). The van der Waals surface area contributed by atoms with Crippen LogP contribution in [0.4, 0.5) is 5.95 Å². The van der Waals surface area contributed by atoms with Gasteiger partial charge in [-0.1, -0.05) is 32.9 Å². The minimum atomic E-state index is -0.00469. The van der Waals surface area contributed by atoms with Gasteiger partial charge in [0.25, 0.3) is 0 Å². The maximum atomic E-state index is 12.0. The molecule has 1 heterocycles. The summed E-state index contributed by atoms with van der Waals surface area (Å²) in [6.45, 7) is 9.14. The van der Waals surface area contributed by atoms with Crippen molar-refractivity contribution in [3.8, 4) is 0 Å². The molecule has 0 aliphatic rings. The van der Waals surface area contributed by atoms with Gasteiger partial charge in [0, 0.05) is 11.3 Å². The van der Waals surface area contributed by atoms with E-state index in [4.69, 9.17) is 0 Å². The van der Waals surface area contributed by atoms with E-state index in [0.29, 0.717) is 11.7 Å². The van der Waals surface area contributed by atoms with E-state index in [1.165, 1.54) is 0 Å². The molecular formula is C15H21N3OS. The summed E-state index contributed by atoms with van der Waals surface area (Å²) >= 11 is 1.63. The third kappa shape index (κ3) is 3.54. The van der Waals surface area contributed by atoms with Crippen molar-refractivity contribution in [1.82, 2.24) is 9.55 Å². The molecule has 20 heavy (non-hydrogen) atoms. The van der Waals surface area contributed by atoms with Crippen molar-refractivity contribution in [2.75, 3.05) is 11.1 Å². The third-order valence-electron chi connectivity index (χ3n) is 2.86. The van der Waals surface area contributed by atoms with Gasteiger partial charge in [-0.05, 0) is 19.1 Å². The van der Waals surface area contributed by atoms with E-state index in [0.717, 1.165) is 17.6 Å². The number of aryl methyl sites for hydroxylation is 1. The van der Waals surface area contributed by atoms with Crippen molar-refractivity contribution < 1.29 is 4.79 Å². The molecular weight excluding hydrogens is 270 g/mol. The average molecular weight is 291 g/mol. The lowest BCUT2D eigenvalue weighted by molar-refractivity contribution is -0.113. The third-order valence-corrected chi connectivity index (χ3v) is 4.13. The number of para-hydroxylation sites is 2. The van der Waals surface area contributed by atoms with Crippen molar-refractivity contribution >= 4 is 34.7 Å². The topological polar surface area (TPSA) is 46.9 Å². The Balaban J connectivity index is 2.15. The summed E-state index contributed by atoms with van der Waals surface area (Å²) in [5, 5.41) is 2.92. The number of hydrogen-bond acceptors (Lipinski definition) is 3. The number of fused-ring (bicyclic) bond motifs is 1. The van der Waals surface area contributed by atoms with Gasteiger partial charge in [0.1, 0.15) is 0 Å². The molecule has 5 heteroatoms. The van der Waals surface area contributed by atoms with E-state index in [9.17, 15) is 4.79 Å². The number of carbonyl (C=O) groups is 1. The molecule has 0 saturated heterocycles. The van der Waals surface area contributed by atoms with Crippen LogP contribution in [0.2, 0.25) is 0 Å². The molecule has 108 valence electrons. The Labute approximate surface area is 124 Å². The van der Waals surface area contributed by atoms with Crippen LogP contribution in [0.5, 0.6) is 0 Å². The first-order valence-electron chi connectivity index (χ1n) is 6.80. The highest BCUT2D eigenvalue weighted by molar-refractivity contribution is 8.01. The largest absolute Gasteiger partial charge is 0.310 e. The van der Waals surface area contributed by atoms with Gasteiger partial charge in [-0.2, -0.15) is 0 Å². The molecule has 2 rings (SSSR count). The Morgan fingerprint density at radius 2 is 2.05 bits per heavy atom. The Kier molecular flexibility index (Phi) is 4.38. The van der Waals surface area contributed by atoms with E-state index >= 15 is 0 Å². The molecule has 1 aromatic carbocycles. The minimum Gasteiger partial charge on any atom is -0.310 e. The van der Waals surface area contributed by atoms with Crippen LogP contribution in [0.1, 0.15) is 27.7 Å². The molecule has 1 aromatic heterocycles. The zero-order chi connectivity index (χ0) is 14.8. The first kappa shape index (κ1) is 14.9. The molecule has 0 atom stereocenters. The summed E-state index contributed by atoms with van der Waals surface area (Å²) in [5.41, 5.74) is 1.96. The van der Waals surface area contributed by atoms with Gasteiger partial charge in [-0.15, -0.1) is 11.8 Å². The highest BCUT2D eigenvalue weighted by Gasteiger charge is 2.16. The minimum absolute atomic E-state index is 0.00469. The molecule has 2 aromatic rings. The number of benzene rings is 1. The fourth-order valence-electron chi connectivity index (χ4n) is 1.93. The van der Waals surface area contributed by atoms with E-state index in [-0.39, 0.29) is 10.7 Å². The molecule has 0 fully saturated rings. The Hall–Kier alpha value is -1.49. The smallest absolute Gasteiger partial charge is 0.236 e. The predicted octanol–water partition coefficient (Wildman–Crippen LogP) is 3.53. The molecule has 0 unspecified atom stereocenters. The first-order chi connectivity index (χ1) is 9.40. The zero-order valence-corrected chi connectivity index (χ0v) is 13.3. The molecule has 0 radical (unpaired) electrons. The van der Waals surface area contributed by atoms with Crippen molar-refractivity contribution in [2.24, 2.45) is 0 Å². The van der Waals surface area contributed by atoms with Crippen LogP contribution in [0.25, 0.3) is 11.0 Å². The van der Waals surface area contributed by atoms with E-state index in [1.54, 1.807) is 11.8 Å². The van der Waals surface area contributed by atoms with Crippen LogP contribution >= 0.6 is 11.8 Å². The molecule has 0 bridgehead atoms. The molecule has 0 saturated carbocycles. The molecule has 1 amide bonds. The van der Waals surface area contributed by atoms with Gasteiger partial charge >= 0.3 is 0 Å². The first-order valence-corrected chi connectivity index (χ1v) is 7.78. The molecule has 0 aliphatic carbocycles.